The van der Waals surface area contributed by atoms with Gasteiger partial charge in [0.05, 0.1) is 12.8 Å². The number of halogens is 1. The lowest BCUT2D eigenvalue weighted by Crippen LogP contribution is -2.09. The normalized spacial score (nSPS) is 10.0. The number of ether oxygens (including phenoxy) is 1. The summed E-state index contributed by atoms with van der Waals surface area (Å²) in [6.45, 7) is 1.76. The first-order valence-corrected chi connectivity index (χ1v) is 4.14. The largest absolute Gasteiger partial charge is 0.464 e. The zero-order valence-electron chi connectivity index (χ0n) is 7.09. The van der Waals surface area contributed by atoms with Crippen molar-refractivity contribution in [2.45, 2.75) is 6.92 Å². The van der Waals surface area contributed by atoms with Crippen LogP contribution in [0.25, 0.3) is 0 Å². The van der Waals surface area contributed by atoms with E-state index in [4.69, 9.17) is 0 Å². The minimum absolute atomic E-state index is 0.367. The van der Waals surface area contributed by atoms with Gasteiger partial charge in [0.25, 0.3) is 0 Å². The van der Waals surface area contributed by atoms with Crippen LogP contribution in [0.2, 0.25) is 0 Å². The van der Waals surface area contributed by atoms with E-state index in [-0.39, 0.29) is 5.97 Å². The number of hydrogen-bond donors (Lipinski definition) is 0. The smallest absolute Gasteiger partial charge is 0.356 e. The summed E-state index contributed by atoms with van der Waals surface area (Å²) in [4.78, 5) is 15.2. The fourth-order valence-electron chi connectivity index (χ4n) is 0.983. The third-order valence-corrected chi connectivity index (χ3v) is 2.30. The Morgan fingerprint density at radius 1 is 1.67 bits per heavy atom. The van der Waals surface area contributed by atoms with Crippen LogP contribution in [0.1, 0.15) is 16.2 Å². The number of aryl methyl sites for hydroxylation is 1. The molecule has 1 heterocycles. The molecule has 1 aromatic rings. The summed E-state index contributed by atoms with van der Waals surface area (Å²) in [5.74, 6) is -0.367. The van der Waals surface area contributed by atoms with Gasteiger partial charge in [-0.3, -0.25) is 0 Å². The second-order valence-electron chi connectivity index (χ2n) is 2.37. The maximum Gasteiger partial charge on any atom is 0.356 e. The van der Waals surface area contributed by atoms with Gasteiger partial charge < -0.3 is 9.30 Å². The number of methoxy groups -OCH3 is 1. The molecule has 0 saturated carbocycles. The minimum atomic E-state index is -0.367. The molecule has 0 aromatic carbocycles. The molecule has 0 amide bonds. The summed E-state index contributed by atoms with van der Waals surface area (Å²) in [6, 6.07) is 0. The molecule has 1 aromatic heterocycles. The summed E-state index contributed by atoms with van der Waals surface area (Å²) >= 11 is 3.21. The molecular weight excluding hydrogens is 224 g/mol. The van der Waals surface area contributed by atoms with Gasteiger partial charge in [-0.25, -0.2) is 9.78 Å². The van der Waals surface area contributed by atoms with Crippen LogP contribution in [0, 0.1) is 6.92 Å². The van der Waals surface area contributed by atoms with Crippen LogP contribution < -0.4 is 0 Å². The standard InChI is InChI=1S/C7H9BrN2O2/c1-4-5(6(11)12-3)10(2)7(8)9-4/h1-3H3. The molecule has 0 unspecified atom stereocenters. The Balaban J connectivity index is 3.22. The molecule has 0 aliphatic rings. The van der Waals surface area contributed by atoms with Crippen LogP contribution in [0.4, 0.5) is 0 Å². The zero-order chi connectivity index (χ0) is 9.30. The van der Waals surface area contributed by atoms with Gasteiger partial charge in [-0.05, 0) is 22.9 Å². The minimum Gasteiger partial charge on any atom is -0.464 e. The van der Waals surface area contributed by atoms with E-state index in [1.54, 1.807) is 18.5 Å². The van der Waals surface area contributed by atoms with Crippen molar-refractivity contribution >= 4 is 21.9 Å². The highest BCUT2D eigenvalue weighted by molar-refractivity contribution is 9.10. The van der Waals surface area contributed by atoms with Gasteiger partial charge >= 0.3 is 5.97 Å². The van der Waals surface area contributed by atoms with E-state index in [1.165, 1.54) is 7.11 Å². The summed E-state index contributed by atoms with van der Waals surface area (Å²) in [5, 5.41) is 0. The average Bonchev–Trinajstić information content (AvgIpc) is 2.26. The highest BCUT2D eigenvalue weighted by Gasteiger charge is 2.17. The fourth-order valence-corrected chi connectivity index (χ4v) is 1.43. The first-order valence-electron chi connectivity index (χ1n) is 3.35. The van der Waals surface area contributed by atoms with Gasteiger partial charge in [-0.1, -0.05) is 0 Å². The molecule has 5 heteroatoms. The Bertz CT molecular complexity index is 319. The second-order valence-corrected chi connectivity index (χ2v) is 3.07. The number of imidazole rings is 1. The molecule has 0 fully saturated rings. The third-order valence-electron chi connectivity index (χ3n) is 1.59. The summed E-state index contributed by atoms with van der Waals surface area (Å²) in [5.41, 5.74) is 1.14. The third kappa shape index (κ3) is 1.36. The molecule has 0 aliphatic heterocycles. The number of hydrogen-bond acceptors (Lipinski definition) is 3. The summed E-state index contributed by atoms with van der Waals surface area (Å²) in [6.07, 6.45) is 0. The predicted octanol–water partition coefficient (Wildman–Crippen LogP) is 1.28. The second kappa shape index (κ2) is 3.26. The fraction of sp³-hybridized carbons (Fsp3) is 0.429. The van der Waals surface area contributed by atoms with Crippen molar-refractivity contribution in [3.63, 3.8) is 0 Å². The van der Waals surface area contributed by atoms with Gasteiger partial charge in [0.2, 0.25) is 0 Å². The topological polar surface area (TPSA) is 44.1 Å². The van der Waals surface area contributed by atoms with Gasteiger partial charge in [0, 0.05) is 7.05 Å². The lowest BCUT2D eigenvalue weighted by atomic mass is 10.3. The summed E-state index contributed by atoms with van der Waals surface area (Å²) < 4.78 is 6.86. The maximum atomic E-state index is 11.2. The quantitative estimate of drug-likeness (QED) is 0.686. The molecule has 1 rings (SSSR count). The van der Waals surface area contributed by atoms with Crippen LogP contribution in [-0.2, 0) is 11.8 Å². The molecule has 0 spiro atoms. The van der Waals surface area contributed by atoms with Crippen molar-refractivity contribution in [2.75, 3.05) is 7.11 Å². The van der Waals surface area contributed by atoms with E-state index in [2.05, 4.69) is 25.7 Å². The molecule has 0 bridgehead atoms. The number of rotatable bonds is 1. The van der Waals surface area contributed by atoms with Gasteiger partial charge in [0.1, 0.15) is 0 Å². The van der Waals surface area contributed by atoms with Gasteiger partial charge in [-0.15, -0.1) is 0 Å². The number of carbonyl (C=O) groups excluding carboxylic acids is 1. The molecule has 0 saturated heterocycles. The molecule has 4 nitrogen and oxygen atoms in total. The Labute approximate surface area is 78.7 Å². The van der Waals surface area contributed by atoms with Gasteiger partial charge in [0.15, 0.2) is 10.4 Å². The molecule has 0 N–H and O–H groups in total. The van der Waals surface area contributed by atoms with Crippen molar-refractivity contribution in [3.8, 4) is 0 Å². The zero-order valence-corrected chi connectivity index (χ0v) is 8.67. The highest BCUT2D eigenvalue weighted by atomic mass is 79.9. The lowest BCUT2D eigenvalue weighted by molar-refractivity contribution is 0.0588. The van der Waals surface area contributed by atoms with Crippen molar-refractivity contribution in [3.05, 3.63) is 16.1 Å². The highest BCUT2D eigenvalue weighted by Crippen LogP contribution is 2.14. The van der Waals surface area contributed by atoms with Crippen LogP contribution in [-0.4, -0.2) is 22.6 Å². The van der Waals surface area contributed by atoms with Crippen molar-refractivity contribution < 1.29 is 9.53 Å². The van der Waals surface area contributed by atoms with Crippen LogP contribution in [0.15, 0.2) is 4.73 Å². The monoisotopic (exact) mass is 232 g/mol. The van der Waals surface area contributed by atoms with E-state index in [1.807, 2.05) is 0 Å². The molecule has 12 heavy (non-hydrogen) atoms. The molecule has 0 aliphatic carbocycles. The van der Waals surface area contributed by atoms with E-state index in [0.717, 1.165) is 0 Å². The van der Waals surface area contributed by atoms with E-state index in [9.17, 15) is 4.79 Å². The van der Waals surface area contributed by atoms with Crippen molar-refractivity contribution in [2.24, 2.45) is 7.05 Å². The molecule has 0 atom stereocenters. The summed E-state index contributed by atoms with van der Waals surface area (Å²) in [7, 11) is 3.10. The first kappa shape index (κ1) is 9.25. The number of nitrogens with zero attached hydrogens (tertiary/aromatic N) is 2. The Morgan fingerprint density at radius 3 is 2.58 bits per heavy atom. The van der Waals surface area contributed by atoms with Crippen LogP contribution in [0.3, 0.4) is 0 Å². The van der Waals surface area contributed by atoms with Gasteiger partial charge in [-0.2, -0.15) is 0 Å². The number of esters is 1. The van der Waals surface area contributed by atoms with E-state index >= 15 is 0 Å². The van der Waals surface area contributed by atoms with Crippen molar-refractivity contribution in [1.82, 2.24) is 9.55 Å². The molecular formula is C7H9BrN2O2. The Kier molecular flexibility index (Phi) is 2.52. The Hall–Kier alpha value is -0.840. The van der Waals surface area contributed by atoms with Crippen LogP contribution >= 0.6 is 15.9 Å². The van der Waals surface area contributed by atoms with E-state index < -0.39 is 0 Å². The van der Waals surface area contributed by atoms with Crippen molar-refractivity contribution in [1.29, 1.82) is 0 Å². The Morgan fingerprint density at radius 2 is 2.25 bits per heavy atom. The number of carbonyl (C=O) groups is 1. The first-order chi connectivity index (χ1) is 5.57. The SMILES string of the molecule is COC(=O)c1c(C)nc(Br)n1C. The van der Waals surface area contributed by atoms with Crippen LogP contribution in [0.5, 0.6) is 0 Å². The molecule has 0 radical (unpaired) electrons. The number of aromatic nitrogens is 2. The predicted molar refractivity (Wildman–Crippen MR) is 47.0 cm³/mol. The van der Waals surface area contributed by atoms with E-state index in [0.29, 0.717) is 16.1 Å². The maximum absolute atomic E-state index is 11.2. The molecule has 66 valence electrons. The lowest BCUT2D eigenvalue weighted by Gasteiger charge is -2.00. The average molecular weight is 233 g/mol.